The minimum atomic E-state index is 0.0255. The summed E-state index contributed by atoms with van der Waals surface area (Å²) in [6.45, 7) is 7.14. The van der Waals surface area contributed by atoms with Crippen LogP contribution in [0.4, 0.5) is 0 Å². The number of rotatable bonds is 5. The van der Waals surface area contributed by atoms with E-state index in [2.05, 4.69) is 27.1 Å². The first-order valence-corrected chi connectivity index (χ1v) is 8.38. The van der Waals surface area contributed by atoms with Crippen LogP contribution in [0.2, 0.25) is 0 Å². The highest BCUT2D eigenvalue weighted by atomic mass is 16.5. The van der Waals surface area contributed by atoms with Crippen molar-refractivity contribution in [3.63, 3.8) is 0 Å². The molecule has 2 saturated heterocycles. The van der Waals surface area contributed by atoms with Crippen LogP contribution in [0, 0.1) is 6.92 Å². The van der Waals surface area contributed by atoms with E-state index in [0.29, 0.717) is 24.7 Å². The Balaban J connectivity index is 1.33. The molecule has 0 radical (unpaired) electrons. The van der Waals surface area contributed by atoms with Gasteiger partial charge in [0.05, 0.1) is 17.7 Å². The quantitative estimate of drug-likeness (QED) is 0.811. The molecule has 0 N–H and O–H groups in total. The molecule has 8 nitrogen and oxygen atoms in total. The Morgan fingerprint density at radius 2 is 2.12 bits per heavy atom. The molecule has 1 unspecified atom stereocenters. The molecule has 0 spiro atoms. The van der Waals surface area contributed by atoms with Crippen LogP contribution in [0.25, 0.3) is 0 Å². The van der Waals surface area contributed by atoms with Crippen LogP contribution in [-0.4, -0.2) is 56.7 Å². The molecule has 8 heteroatoms. The maximum absolute atomic E-state index is 12.3. The van der Waals surface area contributed by atoms with Gasteiger partial charge < -0.3 is 13.9 Å². The number of aryl methyl sites for hydroxylation is 2. The van der Waals surface area contributed by atoms with Crippen LogP contribution in [0.15, 0.2) is 15.3 Å². The Morgan fingerprint density at radius 1 is 1.29 bits per heavy atom. The highest BCUT2D eigenvalue weighted by molar-refractivity contribution is 5.80. The van der Waals surface area contributed by atoms with Gasteiger partial charge in [-0.3, -0.25) is 9.69 Å². The largest absolute Gasteiger partial charge is 0.364 e. The van der Waals surface area contributed by atoms with E-state index in [-0.39, 0.29) is 17.9 Å². The average molecular weight is 331 g/mol. The van der Waals surface area contributed by atoms with Crippen LogP contribution >= 0.6 is 0 Å². The van der Waals surface area contributed by atoms with Gasteiger partial charge in [0.25, 0.3) is 0 Å². The Bertz CT molecular complexity index is 734. The first-order chi connectivity index (χ1) is 11.6. The number of hydrogen-bond donors (Lipinski definition) is 0. The molecular weight excluding hydrogens is 310 g/mol. The molecule has 2 aliphatic heterocycles. The number of nitrogens with zero attached hydrogens (tertiary/aromatic N) is 5. The molecule has 4 rings (SSSR count). The molecule has 1 amide bonds. The molecule has 4 heterocycles. The highest BCUT2D eigenvalue weighted by Crippen LogP contribution is 2.31. The summed E-state index contributed by atoms with van der Waals surface area (Å²) in [5, 5.41) is 7.83. The van der Waals surface area contributed by atoms with E-state index in [1.165, 1.54) is 0 Å². The van der Waals surface area contributed by atoms with Gasteiger partial charge >= 0.3 is 0 Å². The third-order valence-electron chi connectivity index (χ3n) is 4.89. The van der Waals surface area contributed by atoms with Gasteiger partial charge in [0.15, 0.2) is 5.82 Å². The molecule has 1 atom stereocenters. The van der Waals surface area contributed by atoms with Crippen molar-refractivity contribution in [2.75, 3.05) is 19.6 Å². The fourth-order valence-electron chi connectivity index (χ4n) is 3.54. The summed E-state index contributed by atoms with van der Waals surface area (Å²) < 4.78 is 10.3. The van der Waals surface area contributed by atoms with Gasteiger partial charge in [-0.15, -0.1) is 0 Å². The first-order valence-electron chi connectivity index (χ1n) is 8.38. The lowest BCUT2D eigenvalue weighted by Crippen LogP contribution is -2.59. The predicted molar refractivity (Wildman–Crippen MR) is 83.1 cm³/mol. The second-order valence-corrected chi connectivity index (χ2v) is 6.61. The molecular formula is C16H21N5O3. The molecule has 0 saturated carbocycles. The number of likely N-dealkylation sites (tertiary alicyclic amines) is 2. The number of amides is 1. The van der Waals surface area contributed by atoms with Crippen LogP contribution in [0.5, 0.6) is 0 Å². The average Bonchev–Trinajstić information content (AvgIpc) is 3.22. The summed E-state index contributed by atoms with van der Waals surface area (Å²) in [5.41, 5.74) is 2.16. The standard InChI is InChI=1S/C16H21N5O3/c1-3-14-12(9-23-19-14)5-20-7-13(8-20)21-6-11(4-15(21)22)16-17-10(2)18-24-16/h9,11,13H,3-8H2,1-2H3. The van der Waals surface area contributed by atoms with Crippen molar-refractivity contribution in [3.05, 3.63) is 29.2 Å². The SMILES string of the molecule is CCc1nocc1CN1CC(N2CC(c3nc(C)no3)CC2=O)C1. The van der Waals surface area contributed by atoms with Crippen LogP contribution in [-0.2, 0) is 17.8 Å². The Labute approximate surface area is 139 Å². The molecule has 0 bridgehead atoms. The summed E-state index contributed by atoms with van der Waals surface area (Å²) in [6, 6.07) is 0.274. The molecule has 2 aromatic rings. The number of hydrogen-bond acceptors (Lipinski definition) is 7. The van der Waals surface area contributed by atoms with Gasteiger partial charge in [-0.1, -0.05) is 17.2 Å². The van der Waals surface area contributed by atoms with Crippen LogP contribution in [0.1, 0.15) is 42.2 Å². The maximum Gasteiger partial charge on any atom is 0.232 e. The van der Waals surface area contributed by atoms with Gasteiger partial charge in [-0.05, 0) is 13.3 Å². The first kappa shape index (κ1) is 15.3. The van der Waals surface area contributed by atoms with Crippen LogP contribution in [0.3, 0.4) is 0 Å². The Kier molecular flexibility index (Phi) is 3.84. The highest BCUT2D eigenvalue weighted by Gasteiger charge is 2.42. The Morgan fingerprint density at radius 3 is 2.83 bits per heavy atom. The van der Waals surface area contributed by atoms with E-state index in [9.17, 15) is 4.79 Å². The summed E-state index contributed by atoms with van der Waals surface area (Å²) in [5.74, 6) is 1.40. The molecule has 0 aliphatic carbocycles. The van der Waals surface area contributed by atoms with E-state index < -0.39 is 0 Å². The van der Waals surface area contributed by atoms with Crippen molar-refractivity contribution in [3.8, 4) is 0 Å². The summed E-state index contributed by atoms with van der Waals surface area (Å²) in [4.78, 5) is 20.9. The van der Waals surface area contributed by atoms with Crippen LogP contribution < -0.4 is 0 Å². The van der Waals surface area contributed by atoms with E-state index >= 15 is 0 Å². The van der Waals surface area contributed by atoms with E-state index in [0.717, 1.165) is 37.3 Å². The van der Waals surface area contributed by atoms with E-state index in [4.69, 9.17) is 9.05 Å². The van der Waals surface area contributed by atoms with Crippen molar-refractivity contribution < 1.29 is 13.8 Å². The van der Waals surface area contributed by atoms with Crippen molar-refractivity contribution in [2.24, 2.45) is 0 Å². The lowest BCUT2D eigenvalue weighted by molar-refractivity contribution is -0.133. The summed E-state index contributed by atoms with van der Waals surface area (Å²) in [7, 11) is 0. The fourth-order valence-corrected chi connectivity index (χ4v) is 3.54. The number of aromatic nitrogens is 3. The Hall–Kier alpha value is -2.22. The van der Waals surface area contributed by atoms with Gasteiger partial charge in [0, 0.05) is 38.2 Å². The van der Waals surface area contributed by atoms with Gasteiger partial charge in [0.2, 0.25) is 11.8 Å². The lowest BCUT2D eigenvalue weighted by atomic mass is 10.1. The number of carbonyl (C=O) groups excluding carboxylic acids is 1. The van der Waals surface area contributed by atoms with E-state index in [1.54, 1.807) is 13.2 Å². The maximum atomic E-state index is 12.3. The normalized spacial score (nSPS) is 22.3. The molecule has 2 fully saturated rings. The van der Waals surface area contributed by atoms with Crippen molar-refractivity contribution >= 4 is 5.91 Å². The van der Waals surface area contributed by atoms with Gasteiger partial charge in [0.1, 0.15) is 6.26 Å². The second kappa shape index (κ2) is 6.01. The second-order valence-electron chi connectivity index (χ2n) is 6.61. The minimum absolute atomic E-state index is 0.0255. The monoisotopic (exact) mass is 331 g/mol. The van der Waals surface area contributed by atoms with Crippen molar-refractivity contribution in [2.45, 2.75) is 45.2 Å². The zero-order valence-electron chi connectivity index (χ0n) is 13.9. The topological polar surface area (TPSA) is 88.5 Å². The van der Waals surface area contributed by atoms with Gasteiger partial charge in [-0.2, -0.15) is 4.98 Å². The molecule has 2 aliphatic rings. The lowest BCUT2D eigenvalue weighted by Gasteiger charge is -2.44. The summed E-state index contributed by atoms with van der Waals surface area (Å²) in [6.07, 6.45) is 3.06. The molecule has 24 heavy (non-hydrogen) atoms. The summed E-state index contributed by atoms with van der Waals surface area (Å²) >= 11 is 0. The zero-order valence-corrected chi connectivity index (χ0v) is 13.9. The minimum Gasteiger partial charge on any atom is -0.364 e. The number of carbonyl (C=O) groups is 1. The molecule has 2 aromatic heterocycles. The van der Waals surface area contributed by atoms with Gasteiger partial charge in [-0.25, -0.2) is 0 Å². The van der Waals surface area contributed by atoms with E-state index in [1.807, 2.05) is 4.90 Å². The third kappa shape index (κ3) is 2.71. The van der Waals surface area contributed by atoms with Crippen molar-refractivity contribution in [1.82, 2.24) is 25.1 Å². The fraction of sp³-hybridized carbons (Fsp3) is 0.625. The zero-order chi connectivity index (χ0) is 16.7. The third-order valence-corrected chi connectivity index (χ3v) is 4.89. The predicted octanol–water partition coefficient (Wildman–Crippen LogP) is 1.13. The smallest absolute Gasteiger partial charge is 0.232 e. The molecule has 128 valence electrons. The molecule has 0 aromatic carbocycles. The van der Waals surface area contributed by atoms with Crippen molar-refractivity contribution in [1.29, 1.82) is 0 Å².